The van der Waals surface area contributed by atoms with Crippen molar-refractivity contribution in [2.75, 3.05) is 5.32 Å². The molecular formula is C12H13ClFN3. The molecule has 2 rings (SSSR count). The monoisotopic (exact) mass is 253 g/mol. The first-order valence-electron chi connectivity index (χ1n) is 5.73. The minimum atomic E-state index is -0.517. The van der Waals surface area contributed by atoms with E-state index in [1.165, 1.54) is 6.42 Å². The van der Waals surface area contributed by atoms with Gasteiger partial charge in [-0.15, -0.1) is 0 Å². The van der Waals surface area contributed by atoms with E-state index in [4.69, 9.17) is 16.9 Å². The molecule has 0 bridgehead atoms. The Morgan fingerprint density at radius 2 is 2.12 bits per heavy atom. The number of hydrogen-bond donors (Lipinski definition) is 1. The summed E-state index contributed by atoms with van der Waals surface area (Å²) in [5.41, 5.74) is 0.0679. The molecule has 1 aromatic rings. The van der Waals surface area contributed by atoms with Crippen LogP contribution in [0.5, 0.6) is 0 Å². The van der Waals surface area contributed by atoms with Gasteiger partial charge in [-0.1, -0.05) is 30.9 Å². The van der Waals surface area contributed by atoms with Gasteiger partial charge in [0.05, 0.1) is 5.56 Å². The van der Waals surface area contributed by atoms with Gasteiger partial charge in [-0.25, -0.2) is 9.37 Å². The highest BCUT2D eigenvalue weighted by Crippen LogP contribution is 2.24. The number of pyridine rings is 1. The van der Waals surface area contributed by atoms with Crippen LogP contribution in [0.1, 0.15) is 37.7 Å². The van der Waals surface area contributed by atoms with E-state index < -0.39 is 5.82 Å². The van der Waals surface area contributed by atoms with Crippen LogP contribution < -0.4 is 5.32 Å². The second-order valence-electron chi connectivity index (χ2n) is 4.25. The number of aromatic nitrogens is 1. The van der Waals surface area contributed by atoms with Gasteiger partial charge in [0.2, 0.25) is 0 Å². The maximum Gasteiger partial charge on any atom is 0.166 e. The van der Waals surface area contributed by atoms with Crippen LogP contribution in [0.2, 0.25) is 5.15 Å². The van der Waals surface area contributed by atoms with E-state index in [1.54, 1.807) is 6.07 Å². The maximum atomic E-state index is 13.6. The summed E-state index contributed by atoms with van der Waals surface area (Å²) in [7, 11) is 0. The molecule has 0 unspecified atom stereocenters. The first-order chi connectivity index (χ1) is 8.20. The van der Waals surface area contributed by atoms with Gasteiger partial charge in [0.25, 0.3) is 0 Å². The van der Waals surface area contributed by atoms with Crippen molar-refractivity contribution in [3.63, 3.8) is 0 Å². The third-order valence-electron chi connectivity index (χ3n) is 3.00. The van der Waals surface area contributed by atoms with Gasteiger partial charge in [0.1, 0.15) is 11.2 Å². The fraction of sp³-hybridized carbons (Fsp3) is 0.500. The zero-order valence-electron chi connectivity index (χ0n) is 9.34. The van der Waals surface area contributed by atoms with Crippen molar-refractivity contribution in [3.8, 4) is 6.07 Å². The lowest BCUT2D eigenvalue weighted by Gasteiger charge is -2.23. The van der Waals surface area contributed by atoms with Gasteiger partial charge >= 0.3 is 0 Å². The molecular weight excluding hydrogens is 241 g/mol. The first kappa shape index (κ1) is 12.1. The van der Waals surface area contributed by atoms with E-state index in [0.717, 1.165) is 31.7 Å². The molecule has 5 heteroatoms. The Balaban J connectivity index is 2.15. The van der Waals surface area contributed by atoms with Crippen LogP contribution in [0.4, 0.5) is 10.2 Å². The molecule has 1 aliphatic carbocycles. The quantitative estimate of drug-likeness (QED) is 0.821. The molecule has 0 atom stereocenters. The van der Waals surface area contributed by atoms with E-state index in [9.17, 15) is 4.39 Å². The highest BCUT2D eigenvalue weighted by atomic mass is 35.5. The molecule has 1 saturated carbocycles. The molecule has 3 nitrogen and oxygen atoms in total. The predicted octanol–water partition coefficient (Wildman–Crippen LogP) is 3.49. The lowest BCUT2D eigenvalue weighted by molar-refractivity contribution is 0.459. The van der Waals surface area contributed by atoms with Gasteiger partial charge in [-0.05, 0) is 18.9 Å². The summed E-state index contributed by atoms with van der Waals surface area (Å²) in [5, 5.41) is 11.8. The Hall–Kier alpha value is -1.34. The molecule has 17 heavy (non-hydrogen) atoms. The van der Waals surface area contributed by atoms with Crippen LogP contribution in [0.25, 0.3) is 0 Å². The standard InChI is InChI=1S/C12H13ClFN3/c13-11-8(7-15)6-10(14)12(17-11)16-9-4-2-1-3-5-9/h6,9H,1-5H2,(H,16,17). The summed E-state index contributed by atoms with van der Waals surface area (Å²) in [4.78, 5) is 3.89. The predicted molar refractivity (Wildman–Crippen MR) is 64.4 cm³/mol. The lowest BCUT2D eigenvalue weighted by atomic mass is 9.95. The average Bonchev–Trinajstić information content (AvgIpc) is 2.34. The van der Waals surface area contributed by atoms with Gasteiger partial charge < -0.3 is 5.32 Å². The molecule has 0 aromatic carbocycles. The topological polar surface area (TPSA) is 48.7 Å². The zero-order chi connectivity index (χ0) is 12.3. The fourth-order valence-electron chi connectivity index (χ4n) is 2.09. The Morgan fingerprint density at radius 1 is 1.41 bits per heavy atom. The highest BCUT2D eigenvalue weighted by Gasteiger charge is 2.17. The fourth-order valence-corrected chi connectivity index (χ4v) is 2.27. The molecule has 0 amide bonds. The van der Waals surface area contributed by atoms with Crippen molar-refractivity contribution >= 4 is 17.4 Å². The third kappa shape index (κ3) is 2.86. The average molecular weight is 254 g/mol. The van der Waals surface area contributed by atoms with Crippen LogP contribution in [-0.2, 0) is 0 Å². The molecule has 1 heterocycles. The van der Waals surface area contributed by atoms with Crippen molar-refractivity contribution in [2.24, 2.45) is 0 Å². The molecule has 1 N–H and O–H groups in total. The summed E-state index contributed by atoms with van der Waals surface area (Å²) in [6.45, 7) is 0. The Labute approximate surface area is 105 Å². The van der Waals surface area contributed by atoms with E-state index in [-0.39, 0.29) is 22.6 Å². The van der Waals surface area contributed by atoms with Gasteiger partial charge in [0.15, 0.2) is 11.6 Å². The van der Waals surface area contributed by atoms with Crippen molar-refractivity contribution in [2.45, 2.75) is 38.1 Å². The number of rotatable bonds is 2. The Kier molecular flexibility index (Phi) is 3.80. The number of anilines is 1. The van der Waals surface area contributed by atoms with Crippen molar-refractivity contribution in [3.05, 3.63) is 22.6 Å². The molecule has 1 aromatic heterocycles. The van der Waals surface area contributed by atoms with Crippen molar-refractivity contribution in [1.82, 2.24) is 4.98 Å². The van der Waals surface area contributed by atoms with E-state index in [1.807, 2.05) is 0 Å². The Morgan fingerprint density at radius 3 is 2.76 bits per heavy atom. The number of nitrogens with zero attached hydrogens (tertiary/aromatic N) is 2. The molecule has 0 saturated heterocycles. The van der Waals surface area contributed by atoms with Crippen LogP contribution >= 0.6 is 11.6 Å². The van der Waals surface area contributed by atoms with Crippen LogP contribution in [0.15, 0.2) is 6.07 Å². The van der Waals surface area contributed by atoms with E-state index in [0.29, 0.717) is 0 Å². The first-order valence-corrected chi connectivity index (χ1v) is 6.11. The summed E-state index contributed by atoms with van der Waals surface area (Å²) in [6.07, 6.45) is 5.60. The minimum Gasteiger partial charge on any atom is -0.365 e. The van der Waals surface area contributed by atoms with E-state index in [2.05, 4.69) is 10.3 Å². The maximum absolute atomic E-state index is 13.6. The number of hydrogen-bond acceptors (Lipinski definition) is 3. The van der Waals surface area contributed by atoms with Crippen LogP contribution in [0.3, 0.4) is 0 Å². The molecule has 0 radical (unpaired) electrons. The lowest BCUT2D eigenvalue weighted by Crippen LogP contribution is -2.23. The summed E-state index contributed by atoms with van der Waals surface area (Å²) >= 11 is 5.78. The van der Waals surface area contributed by atoms with Crippen LogP contribution in [0, 0.1) is 17.1 Å². The minimum absolute atomic E-state index is 0.0483. The largest absolute Gasteiger partial charge is 0.365 e. The SMILES string of the molecule is N#Cc1cc(F)c(NC2CCCCC2)nc1Cl. The number of nitrogens with one attached hydrogen (secondary N) is 1. The van der Waals surface area contributed by atoms with E-state index >= 15 is 0 Å². The second-order valence-corrected chi connectivity index (χ2v) is 4.61. The highest BCUT2D eigenvalue weighted by molar-refractivity contribution is 6.30. The van der Waals surface area contributed by atoms with Crippen molar-refractivity contribution in [1.29, 1.82) is 5.26 Å². The number of nitriles is 1. The normalized spacial score (nSPS) is 16.5. The molecule has 1 aliphatic rings. The summed E-state index contributed by atoms with van der Waals surface area (Å²) < 4.78 is 13.6. The van der Waals surface area contributed by atoms with Crippen LogP contribution in [-0.4, -0.2) is 11.0 Å². The molecule has 1 fully saturated rings. The smallest absolute Gasteiger partial charge is 0.166 e. The van der Waals surface area contributed by atoms with Gasteiger partial charge in [0, 0.05) is 6.04 Å². The Bertz CT molecular complexity index is 450. The third-order valence-corrected chi connectivity index (χ3v) is 3.28. The second kappa shape index (κ2) is 5.33. The van der Waals surface area contributed by atoms with Gasteiger partial charge in [-0.2, -0.15) is 5.26 Å². The number of halogens is 2. The molecule has 90 valence electrons. The molecule has 0 spiro atoms. The van der Waals surface area contributed by atoms with Crippen molar-refractivity contribution < 1.29 is 4.39 Å². The zero-order valence-corrected chi connectivity index (χ0v) is 10.1. The molecule has 0 aliphatic heterocycles. The summed E-state index contributed by atoms with van der Waals surface area (Å²) in [6, 6.07) is 3.19. The summed E-state index contributed by atoms with van der Waals surface area (Å²) in [5.74, 6) is -0.363. The van der Waals surface area contributed by atoms with Gasteiger partial charge in [-0.3, -0.25) is 0 Å².